The molecule has 1 rings (SSSR count). The zero-order valence-corrected chi connectivity index (χ0v) is 7.63. The molecule has 0 aromatic heterocycles. The van der Waals surface area contributed by atoms with Crippen molar-refractivity contribution in [1.82, 2.24) is 4.90 Å². The fourth-order valence-electron chi connectivity index (χ4n) is 1.22. The Kier molecular flexibility index (Phi) is 2.53. The Labute approximate surface area is 68.6 Å². The fourth-order valence-corrected chi connectivity index (χ4v) is 1.22. The van der Waals surface area contributed by atoms with E-state index in [-0.39, 0.29) is 11.8 Å². The van der Waals surface area contributed by atoms with E-state index < -0.39 is 0 Å². The van der Waals surface area contributed by atoms with Crippen LogP contribution in [-0.2, 0) is 4.79 Å². The molecular weight excluding hydrogens is 138 g/mol. The van der Waals surface area contributed by atoms with E-state index in [9.17, 15) is 4.79 Å². The van der Waals surface area contributed by atoms with Crippen LogP contribution in [0.25, 0.3) is 0 Å². The van der Waals surface area contributed by atoms with Crippen LogP contribution in [0, 0.1) is 11.8 Å². The second-order valence-corrected chi connectivity index (χ2v) is 3.82. The summed E-state index contributed by atoms with van der Waals surface area (Å²) in [7, 11) is 1.90. The molecule has 1 aliphatic rings. The molecule has 0 saturated heterocycles. The van der Waals surface area contributed by atoms with Crippen LogP contribution in [0.15, 0.2) is 0 Å². The first-order valence-electron chi connectivity index (χ1n) is 4.36. The molecule has 1 aliphatic carbocycles. The van der Waals surface area contributed by atoms with Crippen molar-refractivity contribution in [3.8, 4) is 0 Å². The molecule has 0 unspecified atom stereocenters. The van der Waals surface area contributed by atoms with Gasteiger partial charge >= 0.3 is 0 Å². The van der Waals surface area contributed by atoms with E-state index in [1.54, 1.807) is 0 Å². The lowest BCUT2D eigenvalue weighted by Gasteiger charge is -2.18. The SMILES string of the molecule is CC(C)C(=O)N(C)CC1CC1. The smallest absolute Gasteiger partial charge is 0.224 e. The molecule has 0 aromatic carbocycles. The second-order valence-electron chi connectivity index (χ2n) is 3.82. The molecule has 2 heteroatoms. The van der Waals surface area contributed by atoms with Crippen LogP contribution < -0.4 is 0 Å². The summed E-state index contributed by atoms with van der Waals surface area (Å²) in [4.78, 5) is 13.2. The largest absolute Gasteiger partial charge is 0.345 e. The number of nitrogens with zero attached hydrogens (tertiary/aromatic N) is 1. The number of rotatable bonds is 3. The normalized spacial score (nSPS) is 17.1. The third kappa shape index (κ3) is 2.52. The molecular formula is C9H17NO. The van der Waals surface area contributed by atoms with Crippen LogP contribution in [0.4, 0.5) is 0 Å². The third-order valence-corrected chi connectivity index (χ3v) is 2.10. The van der Waals surface area contributed by atoms with E-state index in [0.717, 1.165) is 12.5 Å². The minimum atomic E-state index is 0.152. The van der Waals surface area contributed by atoms with Crippen molar-refractivity contribution < 1.29 is 4.79 Å². The number of amides is 1. The molecule has 0 radical (unpaired) electrons. The maximum Gasteiger partial charge on any atom is 0.224 e. The van der Waals surface area contributed by atoms with Gasteiger partial charge in [-0.05, 0) is 18.8 Å². The van der Waals surface area contributed by atoms with E-state index >= 15 is 0 Å². The van der Waals surface area contributed by atoms with Gasteiger partial charge in [0.25, 0.3) is 0 Å². The maximum absolute atomic E-state index is 11.3. The minimum absolute atomic E-state index is 0.152. The lowest BCUT2D eigenvalue weighted by atomic mass is 10.2. The van der Waals surface area contributed by atoms with Gasteiger partial charge in [0.15, 0.2) is 0 Å². The Bertz CT molecular complexity index is 150. The number of carbonyl (C=O) groups excluding carboxylic acids is 1. The molecule has 11 heavy (non-hydrogen) atoms. The monoisotopic (exact) mass is 155 g/mol. The van der Waals surface area contributed by atoms with Gasteiger partial charge in [0, 0.05) is 19.5 Å². The van der Waals surface area contributed by atoms with Crippen molar-refractivity contribution in [3.05, 3.63) is 0 Å². The molecule has 0 aromatic rings. The molecule has 0 N–H and O–H groups in total. The molecule has 1 saturated carbocycles. The lowest BCUT2D eigenvalue weighted by molar-refractivity contribution is -0.133. The molecule has 1 amide bonds. The van der Waals surface area contributed by atoms with E-state index in [4.69, 9.17) is 0 Å². The van der Waals surface area contributed by atoms with Gasteiger partial charge in [-0.3, -0.25) is 4.79 Å². The highest BCUT2D eigenvalue weighted by Crippen LogP contribution is 2.29. The third-order valence-electron chi connectivity index (χ3n) is 2.10. The van der Waals surface area contributed by atoms with Gasteiger partial charge in [-0.15, -0.1) is 0 Å². The molecule has 0 aliphatic heterocycles. The summed E-state index contributed by atoms with van der Waals surface area (Å²) in [6.45, 7) is 4.87. The minimum Gasteiger partial charge on any atom is -0.345 e. The Morgan fingerprint density at radius 3 is 2.45 bits per heavy atom. The van der Waals surface area contributed by atoms with Crippen molar-refractivity contribution >= 4 is 5.91 Å². The predicted octanol–water partition coefficient (Wildman–Crippen LogP) is 1.51. The maximum atomic E-state index is 11.3. The topological polar surface area (TPSA) is 20.3 Å². The van der Waals surface area contributed by atoms with Crippen LogP contribution in [0.1, 0.15) is 26.7 Å². The van der Waals surface area contributed by atoms with E-state index in [1.165, 1.54) is 12.8 Å². The summed E-state index contributed by atoms with van der Waals surface area (Å²) >= 11 is 0. The first-order chi connectivity index (χ1) is 5.11. The highest BCUT2D eigenvalue weighted by molar-refractivity contribution is 5.77. The van der Waals surface area contributed by atoms with Gasteiger partial charge in [0.1, 0.15) is 0 Å². The first kappa shape index (κ1) is 8.57. The zero-order valence-electron chi connectivity index (χ0n) is 7.63. The van der Waals surface area contributed by atoms with Gasteiger partial charge in [0.05, 0.1) is 0 Å². The van der Waals surface area contributed by atoms with Crippen molar-refractivity contribution in [1.29, 1.82) is 0 Å². The van der Waals surface area contributed by atoms with Gasteiger partial charge in [0.2, 0.25) is 5.91 Å². The van der Waals surface area contributed by atoms with Crippen molar-refractivity contribution in [2.75, 3.05) is 13.6 Å². The highest BCUT2D eigenvalue weighted by atomic mass is 16.2. The molecule has 64 valence electrons. The van der Waals surface area contributed by atoms with Gasteiger partial charge < -0.3 is 4.90 Å². The molecule has 0 bridgehead atoms. The Hall–Kier alpha value is -0.530. The molecule has 1 fully saturated rings. The average molecular weight is 155 g/mol. The summed E-state index contributed by atoms with van der Waals surface area (Å²) in [6, 6.07) is 0. The van der Waals surface area contributed by atoms with Crippen molar-refractivity contribution in [2.24, 2.45) is 11.8 Å². The Balaban J connectivity index is 2.26. The highest BCUT2D eigenvalue weighted by Gasteiger charge is 2.25. The van der Waals surface area contributed by atoms with Crippen LogP contribution in [-0.4, -0.2) is 24.4 Å². The van der Waals surface area contributed by atoms with E-state index in [1.807, 2.05) is 25.8 Å². The molecule has 0 heterocycles. The van der Waals surface area contributed by atoms with Crippen LogP contribution in [0.5, 0.6) is 0 Å². The first-order valence-corrected chi connectivity index (χ1v) is 4.36. The molecule has 0 atom stereocenters. The summed E-state index contributed by atoms with van der Waals surface area (Å²) < 4.78 is 0. The quantitative estimate of drug-likeness (QED) is 0.605. The van der Waals surface area contributed by atoms with Crippen LogP contribution in [0.3, 0.4) is 0 Å². The van der Waals surface area contributed by atoms with Gasteiger partial charge in [-0.1, -0.05) is 13.8 Å². The Morgan fingerprint density at radius 1 is 1.55 bits per heavy atom. The van der Waals surface area contributed by atoms with Gasteiger partial charge in [-0.2, -0.15) is 0 Å². The second kappa shape index (κ2) is 3.24. The number of hydrogen-bond acceptors (Lipinski definition) is 1. The number of carbonyl (C=O) groups is 1. The fraction of sp³-hybridized carbons (Fsp3) is 0.889. The van der Waals surface area contributed by atoms with Crippen molar-refractivity contribution in [3.63, 3.8) is 0 Å². The van der Waals surface area contributed by atoms with Gasteiger partial charge in [-0.25, -0.2) is 0 Å². The zero-order chi connectivity index (χ0) is 8.43. The van der Waals surface area contributed by atoms with Crippen LogP contribution in [0.2, 0.25) is 0 Å². The molecule has 2 nitrogen and oxygen atoms in total. The summed E-state index contributed by atoms with van der Waals surface area (Å²) in [6.07, 6.45) is 2.63. The summed E-state index contributed by atoms with van der Waals surface area (Å²) in [5.74, 6) is 1.23. The van der Waals surface area contributed by atoms with Crippen LogP contribution >= 0.6 is 0 Å². The average Bonchev–Trinajstić information content (AvgIpc) is 2.69. The van der Waals surface area contributed by atoms with E-state index in [0.29, 0.717) is 0 Å². The summed E-state index contributed by atoms with van der Waals surface area (Å²) in [5.41, 5.74) is 0. The molecule has 0 spiro atoms. The van der Waals surface area contributed by atoms with Crippen molar-refractivity contribution in [2.45, 2.75) is 26.7 Å². The van der Waals surface area contributed by atoms with E-state index in [2.05, 4.69) is 0 Å². The predicted molar refractivity (Wildman–Crippen MR) is 45.2 cm³/mol. The lowest BCUT2D eigenvalue weighted by Crippen LogP contribution is -2.32. The number of hydrogen-bond donors (Lipinski definition) is 0. The Morgan fingerprint density at radius 2 is 2.09 bits per heavy atom. The standard InChI is InChI=1S/C9H17NO/c1-7(2)9(11)10(3)6-8-4-5-8/h7-8H,4-6H2,1-3H3. The summed E-state index contributed by atoms with van der Waals surface area (Å²) in [5, 5.41) is 0.